The van der Waals surface area contributed by atoms with E-state index in [2.05, 4.69) is 10.6 Å². The Morgan fingerprint density at radius 1 is 0.947 bits per heavy atom. The molecule has 1 aromatic carbocycles. The molecule has 1 saturated heterocycles. The van der Waals surface area contributed by atoms with Crippen LogP contribution in [-0.4, -0.2) is 97.2 Å². The lowest BCUT2D eigenvalue weighted by atomic mass is 9.83. The number of nitrogens with zero attached hydrogens (tertiary/aromatic N) is 1. The van der Waals surface area contributed by atoms with Crippen molar-refractivity contribution in [2.24, 2.45) is 23.5 Å². The first kappa shape index (κ1) is 46.8. The van der Waals surface area contributed by atoms with E-state index < -0.39 is 84.0 Å². The fourth-order valence-electron chi connectivity index (χ4n) is 7.68. The zero-order chi connectivity index (χ0) is 42.4. The summed E-state index contributed by atoms with van der Waals surface area (Å²) in [6.07, 6.45) is 2.90. The Morgan fingerprint density at radius 3 is 2.21 bits per heavy atom. The number of carbonyl (C=O) groups excluding carboxylic acids is 7. The Labute approximate surface area is 336 Å². The van der Waals surface area contributed by atoms with Crippen molar-refractivity contribution in [2.75, 3.05) is 27.4 Å². The van der Waals surface area contributed by atoms with Crippen LogP contribution in [0.5, 0.6) is 11.5 Å². The van der Waals surface area contributed by atoms with Crippen molar-refractivity contribution in [1.82, 2.24) is 15.5 Å². The first-order chi connectivity index (χ1) is 26.9. The Morgan fingerprint density at radius 2 is 1.63 bits per heavy atom. The van der Waals surface area contributed by atoms with Crippen molar-refractivity contribution in [3.63, 3.8) is 0 Å². The zero-order valence-electron chi connectivity index (χ0n) is 35.0. The van der Waals surface area contributed by atoms with Crippen LogP contribution in [0.3, 0.4) is 0 Å². The summed E-state index contributed by atoms with van der Waals surface area (Å²) in [4.78, 5) is 95.4. The predicted molar refractivity (Wildman–Crippen MR) is 211 cm³/mol. The third-order valence-electron chi connectivity index (χ3n) is 10.3. The minimum atomic E-state index is -1.31. The lowest BCUT2D eigenvalue weighted by molar-refractivity contribution is -0.143. The van der Waals surface area contributed by atoms with Crippen molar-refractivity contribution in [1.29, 1.82) is 0 Å². The molecule has 1 heterocycles. The van der Waals surface area contributed by atoms with Crippen molar-refractivity contribution in [3.8, 4) is 11.5 Å². The molecule has 0 spiro atoms. The highest BCUT2D eigenvalue weighted by molar-refractivity contribution is 6.38. The van der Waals surface area contributed by atoms with Crippen molar-refractivity contribution in [3.05, 3.63) is 23.8 Å². The molecule has 4 amide bonds. The number of carbonyl (C=O) groups is 7. The summed E-state index contributed by atoms with van der Waals surface area (Å²) in [5, 5.41) is 5.34. The average molecular weight is 801 g/mol. The van der Waals surface area contributed by atoms with Gasteiger partial charge in [0.25, 0.3) is 0 Å². The number of nitrogens with two attached hydrogens (primary N) is 1. The van der Waals surface area contributed by atoms with E-state index in [1.807, 2.05) is 41.5 Å². The largest absolute Gasteiger partial charge is 0.493 e. The summed E-state index contributed by atoms with van der Waals surface area (Å²) in [5.74, 6) is -4.48. The molecule has 15 heteroatoms. The molecule has 15 nitrogen and oxygen atoms in total. The van der Waals surface area contributed by atoms with Gasteiger partial charge in [-0.25, -0.2) is 4.79 Å². The van der Waals surface area contributed by atoms with Gasteiger partial charge >= 0.3 is 6.09 Å². The van der Waals surface area contributed by atoms with Crippen LogP contribution < -0.4 is 25.8 Å². The number of nitrogens with one attached hydrogen (secondary N) is 2. The molecule has 4 N–H and O–H groups in total. The van der Waals surface area contributed by atoms with Crippen LogP contribution in [0.2, 0.25) is 0 Å². The molecule has 0 aromatic heterocycles. The number of hydrogen-bond donors (Lipinski definition) is 3. The first-order valence-electron chi connectivity index (χ1n) is 20.2. The van der Waals surface area contributed by atoms with Gasteiger partial charge in [0.2, 0.25) is 23.5 Å². The minimum Gasteiger partial charge on any atom is -0.493 e. The highest BCUT2D eigenvalue weighted by Gasteiger charge is 2.46. The SMILES string of the molecule is CCCC(CC(=O)[C@@H]1C[C@@H](OC(C)(C)C)CN1C(=O)[C@@H](NC(=O)OCC(C)C)C1CCCCC1)C(=O)C(=O)CCC(=O)NC(C(N)=O)c1cccc(OC)c1OC. The molecule has 0 radical (unpaired) electrons. The number of Topliss-reactive ketones (excluding diaryl/α,β-unsaturated/α-hetero) is 3. The third-order valence-corrected chi connectivity index (χ3v) is 10.3. The molecule has 1 saturated carbocycles. The first-order valence-corrected chi connectivity index (χ1v) is 20.2. The maximum Gasteiger partial charge on any atom is 0.407 e. The smallest absolute Gasteiger partial charge is 0.407 e. The second-order valence-electron chi connectivity index (χ2n) is 16.5. The number of amides is 4. The summed E-state index contributed by atoms with van der Waals surface area (Å²) >= 11 is 0. The average Bonchev–Trinajstić information content (AvgIpc) is 3.58. The van der Waals surface area contributed by atoms with Crippen LogP contribution in [-0.2, 0) is 38.2 Å². The Kier molecular flexibility index (Phi) is 18.0. The van der Waals surface area contributed by atoms with Gasteiger partial charge in [-0.3, -0.25) is 28.8 Å². The second-order valence-corrected chi connectivity index (χ2v) is 16.5. The van der Waals surface area contributed by atoms with E-state index in [1.165, 1.54) is 19.1 Å². The van der Waals surface area contributed by atoms with Crippen LogP contribution in [0.25, 0.3) is 0 Å². The number of ketones is 3. The normalized spacial score (nSPS) is 18.9. The van der Waals surface area contributed by atoms with Gasteiger partial charge < -0.3 is 40.2 Å². The topological polar surface area (TPSA) is 210 Å². The Hall–Kier alpha value is -4.53. The van der Waals surface area contributed by atoms with Gasteiger partial charge in [-0.2, -0.15) is 0 Å². The Bertz CT molecular complexity index is 1580. The molecule has 1 aliphatic heterocycles. The summed E-state index contributed by atoms with van der Waals surface area (Å²) in [6, 6.07) is 1.60. The highest BCUT2D eigenvalue weighted by atomic mass is 16.5. The summed E-state index contributed by atoms with van der Waals surface area (Å²) in [7, 11) is 2.80. The van der Waals surface area contributed by atoms with Gasteiger partial charge in [0.05, 0.1) is 38.6 Å². The molecule has 0 bridgehead atoms. The number of benzene rings is 1. The number of methoxy groups -OCH3 is 2. The quantitative estimate of drug-likeness (QED) is 0.144. The summed E-state index contributed by atoms with van der Waals surface area (Å²) in [6.45, 7) is 11.6. The van der Waals surface area contributed by atoms with Crippen LogP contribution in [0.1, 0.15) is 124 Å². The van der Waals surface area contributed by atoms with Crippen LogP contribution in [0, 0.1) is 17.8 Å². The van der Waals surface area contributed by atoms with Gasteiger partial charge in [-0.05, 0) is 57.9 Å². The number of primary amides is 1. The van der Waals surface area contributed by atoms with Crippen LogP contribution in [0.4, 0.5) is 4.79 Å². The number of rotatable bonds is 21. The minimum absolute atomic E-state index is 0.0989. The molecular formula is C42H64N4O11. The molecule has 2 fully saturated rings. The van der Waals surface area contributed by atoms with E-state index in [0.29, 0.717) is 12.2 Å². The van der Waals surface area contributed by atoms with Gasteiger partial charge in [0, 0.05) is 43.7 Å². The summed E-state index contributed by atoms with van der Waals surface area (Å²) in [5.41, 5.74) is 5.29. The van der Waals surface area contributed by atoms with E-state index in [0.717, 1.165) is 32.1 Å². The fraction of sp³-hybridized carbons (Fsp3) is 0.690. The fourth-order valence-corrected chi connectivity index (χ4v) is 7.68. The van der Waals surface area contributed by atoms with Crippen molar-refractivity contribution >= 4 is 41.2 Å². The molecule has 1 aromatic rings. The number of para-hydroxylation sites is 1. The maximum atomic E-state index is 14.5. The zero-order valence-corrected chi connectivity index (χ0v) is 35.0. The van der Waals surface area contributed by atoms with Gasteiger partial charge in [0.15, 0.2) is 23.1 Å². The van der Waals surface area contributed by atoms with Crippen LogP contribution >= 0.6 is 0 Å². The van der Waals surface area contributed by atoms with Crippen molar-refractivity contribution < 1.29 is 52.5 Å². The highest BCUT2D eigenvalue weighted by Crippen LogP contribution is 2.35. The number of ether oxygens (including phenoxy) is 4. The van der Waals surface area contributed by atoms with E-state index in [-0.39, 0.29) is 61.3 Å². The summed E-state index contributed by atoms with van der Waals surface area (Å²) < 4.78 is 22.3. The standard InChI is InChI=1S/C42H64N4O11/c1-9-14-27(37(50)31(47)19-20-34(49)44-36(39(43)51)29-17-13-18-33(54-7)38(29)55-8)21-32(48)30-22-28(57-42(4,5)6)23-46(30)40(52)35(26-15-11-10-12-16-26)45-41(53)56-24-25(2)3/h13,17-18,25-28,30,35-36H,9-12,14-16,19-24H2,1-8H3,(H2,43,51)(H,44,49)(H,45,53)/t27?,28-,30+,35+,36?/m1/s1. The van der Waals surface area contributed by atoms with Gasteiger partial charge in [0.1, 0.15) is 12.1 Å². The van der Waals surface area contributed by atoms with E-state index in [9.17, 15) is 33.6 Å². The van der Waals surface area contributed by atoms with E-state index in [1.54, 1.807) is 18.2 Å². The molecule has 2 unspecified atom stereocenters. The molecule has 318 valence electrons. The van der Waals surface area contributed by atoms with E-state index >= 15 is 0 Å². The molecule has 1 aliphatic carbocycles. The maximum absolute atomic E-state index is 14.5. The van der Waals surface area contributed by atoms with Crippen LogP contribution in [0.15, 0.2) is 18.2 Å². The Balaban J connectivity index is 1.77. The lowest BCUT2D eigenvalue weighted by Gasteiger charge is -2.34. The predicted octanol–water partition coefficient (Wildman–Crippen LogP) is 4.76. The third kappa shape index (κ3) is 13.8. The molecule has 57 heavy (non-hydrogen) atoms. The molecule has 3 rings (SSSR count). The monoisotopic (exact) mass is 800 g/mol. The molecule has 2 aliphatic rings. The second kappa shape index (κ2) is 21.8. The molecule has 5 atom stereocenters. The molecular weight excluding hydrogens is 736 g/mol. The number of likely N-dealkylation sites (tertiary alicyclic amines) is 1. The van der Waals surface area contributed by atoms with Crippen molar-refractivity contribution in [2.45, 2.75) is 142 Å². The lowest BCUT2D eigenvalue weighted by Crippen LogP contribution is -2.55. The number of alkyl carbamates (subject to hydrolysis) is 1. The van der Waals surface area contributed by atoms with Gasteiger partial charge in [-0.1, -0.05) is 58.6 Å². The number of hydrogen-bond acceptors (Lipinski definition) is 11. The van der Waals surface area contributed by atoms with E-state index in [4.69, 9.17) is 24.7 Å². The van der Waals surface area contributed by atoms with Gasteiger partial charge in [-0.15, -0.1) is 0 Å².